The van der Waals surface area contributed by atoms with E-state index in [2.05, 4.69) is 16.4 Å². The van der Waals surface area contributed by atoms with Crippen LogP contribution < -0.4 is 10.1 Å². The molecule has 29 heavy (non-hydrogen) atoms. The highest BCUT2D eigenvalue weighted by atomic mass is 16.5. The second kappa shape index (κ2) is 8.24. The lowest BCUT2D eigenvalue weighted by Gasteiger charge is -2.09. The molecule has 0 aliphatic rings. The number of rotatable bonds is 5. The van der Waals surface area contributed by atoms with E-state index in [0.29, 0.717) is 29.2 Å². The molecule has 4 rings (SSSR count). The number of carbonyl (C=O) groups excluding carboxylic acids is 1. The highest BCUT2D eigenvalue weighted by Gasteiger charge is 2.07. The highest BCUT2D eigenvalue weighted by molar-refractivity contribution is 5.97. The monoisotopic (exact) mass is 379 g/mol. The summed E-state index contributed by atoms with van der Waals surface area (Å²) in [5, 5.41) is 12.9. The third-order valence-electron chi connectivity index (χ3n) is 4.42. The van der Waals surface area contributed by atoms with Gasteiger partial charge in [-0.1, -0.05) is 24.3 Å². The number of amides is 1. The summed E-state index contributed by atoms with van der Waals surface area (Å²) in [6.45, 7) is 0.374. The van der Waals surface area contributed by atoms with E-state index >= 15 is 0 Å². The van der Waals surface area contributed by atoms with Gasteiger partial charge in [0.25, 0.3) is 5.91 Å². The largest absolute Gasteiger partial charge is 0.457 e. The van der Waals surface area contributed by atoms with Crippen molar-refractivity contribution in [1.29, 1.82) is 5.26 Å². The lowest BCUT2D eigenvalue weighted by Crippen LogP contribution is -2.22. The Balaban J connectivity index is 1.43. The molecular formula is C24H17N3O2. The number of hydrogen-bond acceptors (Lipinski definition) is 4. The summed E-state index contributed by atoms with van der Waals surface area (Å²) in [5.74, 6) is 1.09. The third kappa shape index (κ3) is 4.40. The molecule has 4 aromatic rings. The van der Waals surface area contributed by atoms with E-state index in [1.165, 1.54) is 0 Å². The molecule has 0 fully saturated rings. The van der Waals surface area contributed by atoms with Crippen LogP contribution in [0.4, 0.5) is 0 Å². The van der Waals surface area contributed by atoms with Crippen LogP contribution in [0.3, 0.4) is 0 Å². The van der Waals surface area contributed by atoms with E-state index < -0.39 is 0 Å². The Hall–Kier alpha value is -4.17. The summed E-state index contributed by atoms with van der Waals surface area (Å²) >= 11 is 0. The van der Waals surface area contributed by atoms with Crippen LogP contribution in [0.25, 0.3) is 10.9 Å². The lowest BCUT2D eigenvalue weighted by molar-refractivity contribution is 0.0951. The summed E-state index contributed by atoms with van der Waals surface area (Å²) in [5.41, 5.74) is 2.90. The molecule has 1 amide bonds. The second-order valence-corrected chi connectivity index (χ2v) is 6.48. The van der Waals surface area contributed by atoms with Gasteiger partial charge in [-0.3, -0.25) is 9.78 Å². The zero-order valence-corrected chi connectivity index (χ0v) is 15.5. The number of carbonyl (C=O) groups is 1. The first-order valence-corrected chi connectivity index (χ1v) is 9.11. The average Bonchev–Trinajstić information content (AvgIpc) is 2.77. The molecule has 1 N–H and O–H groups in total. The van der Waals surface area contributed by atoms with Crippen LogP contribution in [0, 0.1) is 11.3 Å². The Morgan fingerprint density at radius 1 is 0.966 bits per heavy atom. The molecule has 3 aromatic carbocycles. The van der Waals surface area contributed by atoms with Crippen LogP contribution in [0.15, 0.2) is 85.1 Å². The van der Waals surface area contributed by atoms with Crippen molar-refractivity contribution < 1.29 is 9.53 Å². The Kier molecular flexibility index (Phi) is 5.17. The molecule has 0 atom stereocenters. The molecule has 1 aromatic heterocycles. The number of benzene rings is 3. The van der Waals surface area contributed by atoms with E-state index in [1.54, 1.807) is 36.5 Å². The smallest absolute Gasteiger partial charge is 0.251 e. The number of nitrogens with one attached hydrogen (secondary N) is 1. The minimum atomic E-state index is -0.149. The molecule has 0 spiro atoms. The lowest BCUT2D eigenvalue weighted by atomic mass is 10.1. The molecule has 0 bridgehead atoms. The van der Waals surface area contributed by atoms with E-state index in [9.17, 15) is 4.79 Å². The minimum Gasteiger partial charge on any atom is -0.457 e. The average molecular weight is 379 g/mol. The molecule has 1 heterocycles. The molecule has 5 nitrogen and oxygen atoms in total. The molecular weight excluding hydrogens is 362 g/mol. The number of ether oxygens (including phenoxy) is 1. The molecule has 0 aliphatic carbocycles. The topological polar surface area (TPSA) is 75.0 Å². The van der Waals surface area contributed by atoms with Crippen molar-refractivity contribution in [3.05, 3.63) is 102 Å². The number of nitriles is 1. The summed E-state index contributed by atoms with van der Waals surface area (Å²) in [4.78, 5) is 16.8. The maximum absolute atomic E-state index is 12.5. The van der Waals surface area contributed by atoms with Gasteiger partial charge in [-0.05, 0) is 60.2 Å². The number of pyridine rings is 1. The van der Waals surface area contributed by atoms with Gasteiger partial charge in [0.2, 0.25) is 0 Å². The van der Waals surface area contributed by atoms with Crippen molar-refractivity contribution in [1.82, 2.24) is 10.3 Å². The van der Waals surface area contributed by atoms with Crippen LogP contribution in [-0.4, -0.2) is 10.9 Å². The van der Waals surface area contributed by atoms with Crippen molar-refractivity contribution in [2.24, 2.45) is 0 Å². The van der Waals surface area contributed by atoms with Gasteiger partial charge in [-0.15, -0.1) is 0 Å². The Bertz CT molecular complexity index is 1230. The highest BCUT2D eigenvalue weighted by Crippen LogP contribution is 2.23. The van der Waals surface area contributed by atoms with Crippen LogP contribution >= 0.6 is 0 Å². The zero-order chi connectivity index (χ0) is 20.1. The van der Waals surface area contributed by atoms with Gasteiger partial charge in [0, 0.05) is 23.7 Å². The van der Waals surface area contributed by atoms with Crippen molar-refractivity contribution in [2.45, 2.75) is 6.54 Å². The minimum absolute atomic E-state index is 0.149. The first-order valence-electron chi connectivity index (χ1n) is 9.11. The van der Waals surface area contributed by atoms with Crippen LogP contribution in [0.2, 0.25) is 0 Å². The Morgan fingerprint density at radius 2 is 1.79 bits per heavy atom. The quantitative estimate of drug-likeness (QED) is 0.539. The van der Waals surface area contributed by atoms with Gasteiger partial charge in [0.1, 0.15) is 11.5 Å². The van der Waals surface area contributed by atoms with Crippen LogP contribution in [0.1, 0.15) is 21.5 Å². The van der Waals surface area contributed by atoms with Crippen molar-refractivity contribution in [3.63, 3.8) is 0 Å². The maximum Gasteiger partial charge on any atom is 0.251 e. The normalized spacial score (nSPS) is 10.3. The van der Waals surface area contributed by atoms with Crippen molar-refractivity contribution in [2.75, 3.05) is 0 Å². The van der Waals surface area contributed by atoms with Crippen LogP contribution in [0.5, 0.6) is 11.5 Å². The number of fused-ring (bicyclic) bond motifs is 1. The summed E-state index contributed by atoms with van der Waals surface area (Å²) in [6.07, 6.45) is 1.73. The zero-order valence-electron chi connectivity index (χ0n) is 15.5. The molecule has 0 saturated heterocycles. The van der Waals surface area contributed by atoms with Crippen molar-refractivity contribution >= 4 is 16.8 Å². The SMILES string of the molecule is N#Cc1cccc(Oc2cccc(CNC(=O)c3ccc4ncccc4c3)c2)c1. The van der Waals surface area contributed by atoms with Gasteiger partial charge in [0.05, 0.1) is 17.1 Å². The standard InChI is InChI=1S/C24H17N3O2/c25-15-17-4-1-7-21(12-17)29-22-8-2-5-18(13-22)16-27-24(28)20-9-10-23-19(14-20)6-3-11-26-23/h1-14H,16H2,(H,27,28). The second-order valence-electron chi connectivity index (χ2n) is 6.48. The molecule has 0 saturated carbocycles. The maximum atomic E-state index is 12.5. The fourth-order valence-corrected chi connectivity index (χ4v) is 2.99. The Morgan fingerprint density at radius 3 is 2.66 bits per heavy atom. The molecule has 0 radical (unpaired) electrons. The van der Waals surface area contributed by atoms with Crippen LogP contribution in [-0.2, 0) is 6.54 Å². The summed E-state index contributed by atoms with van der Waals surface area (Å²) in [6, 6.07) is 25.8. The summed E-state index contributed by atoms with van der Waals surface area (Å²) < 4.78 is 5.83. The van der Waals surface area contributed by atoms with E-state index in [1.807, 2.05) is 48.5 Å². The number of nitrogens with zero attached hydrogens (tertiary/aromatic N) is 2. The molecule has 0 aliphatic heterocycles. The van der Waals surface area contributed by atoms with E-state index in [-0.39, 0.29) is 5.91 Å². The van der Waals surface area contributed by atoms with Gasteiger partial charge >= 0.3 is 0 Å². The molecule has 140 valence electrons. The third-order valence-corrected chi connectivity index (χ3v) is 4.42. The first-order chi connectivity index (χ1) is 14.2. The van der Waals surface area contributed by atoms with E-state index in [4.69, 9.17) is 10.00 Å². The van der Waals surface area contributed by atoms with Crippen molar-refractivity contribution in [3.8, 4) is 17.6 Å². The fraction of sp³-hybridized carbons (Fsp3) is 0.0417. The summed E-state index contributed by atoms with van der Waals surface area (Å²) in [7, 11) is 0. The fourth-order valence-electron chi connectivity index (χ4n) is 2.99. The first kappa shape index (κ1) is 18.2. The number of aromatic nitrogens is 1. The van der Waals surface area contributed by atoms with Gasteiger partial charge in [0.15, 0.2) is 0 Å². The number of hydrogen-bond donors (Lipinski definition) is 1. The van der Waals surface area contributed by atoms with Gasteiger partial charge in [-0.2, -0.15) is 5.26 Å². The Labute approximate surface area is 168 Å². The predicted molar refractivity (Wildman–Crippen MR) is 111 cm³/mol. The predicted octanol–water partition coefficient (Wildman–Crippen LogP) is 4.83. The van der Waals surface area contributed by atoms with Gasteiger partial charge < -0.3 is 10.1 Å². The molecule has 5 heteroatoms. The van der Waals surface area contributed by atoms with E-state index in [0.717, 1.165) is 16.5 Å². The molecule has 0 unspecified atom stereocenters. The van der Waals surface area contributed by atoms with Gasteiger partial charge in [-0.25, -0.2) is 0 Å².